The standard InChI is InChI=1S/C10H10ClN3O2/c1-2-16-9(15)5-3-4-7-10(11)14-8(12)6-13-7/h6H,2,5H2,1H3,(H2,12,14). The molecule has 0 aliphatic heterocycles. The summed E-state index contributed by atoms with van der Waals surface area (Å²) < 4.78 is 4.70. The van der Waals surface area contributed by atoms with Gasteiger partial charge in [0.25, 0.3) is 0 Å². The fourth-order valence-electron chi connectivity index (χ4n) is 0.875. The fourth-order valence-corrected chi connectivity index (χ4v) is 1.07. The van der Waals surface area contributed by atoms with Crippen molar-refractivity contribution < 1.29 is 9.53 Å². The highest BCUT2D eigenvalue weighted by Gasteiger charge is 2.01. The van der Waals surface area contributed by atoms with Crippen molar-refractivity contribution >= 4 is 23.4 Å². The monoisotopic (exact) mass is 239 g/mol. The molecule has 0 spiro atoms. The van der Waals surface area contributed by atoms with Crippen LogP contribution >= 0.6 is 11.6 Å². The van der Waals surface area contributed by atoms with E-state index >= 15 is 0 Å². The maximum Gasteiger partial charge on any atom is 0.317 e. The van der Waals surface area contributed by atoms with Gasteiger partial charge in [-0.25, -0.2) is 9.97 Å². The van der Waals surface area contributed by atoms with E-state index in [1.54, 1.807) is 6.92 Å². The number of ether oxygens (including phenoxy) is 1. The largest absolute Gasteiger partial charge is 0.465 e. The van der Waals surface area contributed by atoms with Gasteiger partial charge < -0.3 is 10.5 Å². The smallest absolute Gasteiger partial charge is 0.317 e. The third-order valence-corrected chi connectivity index (χ3v) is 1.76. The zero-order valence-electron chi connectivity index (χ0n) is 8.66. The van der Waals surface area contributed by atoms with Gasteiger partial charge in [-0.05, 0) is 12.8 Å². The lowest BCUT2D eigenvalue weighted by Gasteiger charge is -1.96. The van der Waals surface area contributed by atoms with Crippen LogP contribution in [0.25, 0.3) is 0 Å². The van der Waals surface area contributed by atoms with Crippen LogP contribution in [0.15, 0.2) is 6.20 Å². The van der Waals surface area contributed by atoms with Gasteiger partial charge in [-0.2, -0.15) is 0 Å². The predicted octanol–water partition coefficient (Wildman–Crippen LogP) is 1.02. The van der Waals surface area contributed by atoms with Crippen LogP contribution in [-0.2, 0) is 9.53 Å². The van der Waals surface area contributed by atoms with Crippen molar-refractivity contribution in [3.8, 4) is 11.8 Å². The average Bonchev–Trinajstić information content (AvgIpc) is 2.22. The molecule has 2 N–H and O–H groups in total. The first-order valence-corrected chi connectivity index (χ1v) is 4.93. The molecule has 5 nitrogen and oxygen atoms in total. The van der Waals surface area contributed by atoms with Crippen LogP contribution < -0.4 is 5.73 Å². The minimum atomic E-state index is -0.380. The number of anilines is 1. The lowest BCUT2D eigenvalue weighted by Crippen LogP contribution is -2.01. The highest BCUT2D eigenvalue weighted by molar-refractivity contribution is 6.30. The summed E-state index contributed by atoms with van der Waals surface area (Å²) in [6, 6.07) is 0. The minimum absolute atomic E-state index is 0.00374. The van der Waals surface area contributed by atoms with E-state index in [1.165, 1.54) is 6.20 Å². The summed E-state index contributed by atoms with van der Waals surface area (Å²) in [4.78, 5) is 18.6. The van der Waals surface area contributed by atoms with E-state index < -0.39 is 0 Å². The van der Waals surface area contributed by atoms with Crippen molar-refractivity contribution in [1.29, 1.82) is 0 Å². The number of nitrogen functional groups attached to an aromatic ring is 1. The lowest BCUT2D eigenvalue weighted by atomic mass is 10.4. The lowest BCUT2D eigenvalue weighted by molar-refractivity contribution is -0.141. The molecular weight excluding hydrogens is 230 g/mol. The molecule has 1 aromatic rings. The van der Waals surface area contributed by atoms with Gasteiger partial charge in [0.1, 0.15) is 12.2 Å². The molecule has 0 fully saturated rings. The van der Waals surface area contributed by atoms with E-state index in [0.717, 1.165) is 0 Å². The van der Waals surface area contributed by atoms with Crippen LogP contribution in [0.1, 0.15) is 19.0 Å². The minimum Gasteiger partial charge on any atom is -0.465 e. The van der Waals surface area contributed by atoms with Gasteiger partial charge in [-0.15, -0.1) is 0 Å². The normalized spacial score (nSPS) is 9.12. The van der Waals surface area contributed by atoms with E-state index in [0.29, 0.717) is 12.3 Å². The molecular formula is C10H10ClN3O2. The van der Waals surface area contributed by atoms with Gasteiger partial charge in [0.05, 0.1) is 12.8 Å². The summed E-state index contributed by atoms with van der Waals surface area (Å²) >= 11 is 5.73. The van der Waals surface area contributed by atoms with Gasteiger partial charge in [0.2, 0.25) is 0 Å². The van der Waals surface area contributed by atoms with Crippen LogP contribution in [0.2, 0.25) is 5.15 Å². The van der Waals surface area contributed by atoms with Gasteiger partial charge >= 0.3 is 5.97 Å². The van der Waals surface area contributed by atoms with Gasteiger partial charge in [-0.3, -0.25) is 4.79 Å². The first kappa shape index (κ1) is 12.3. The second kappa shape index (κ2) is 5.93. The van der Waals surface area contributed by atoms with E-state index in [4.69, 9.17) is 22.1 Å². The zero-order valence-corrected chi connectivity index (χ0v) is 9.41. The summed E-state index contributed by atoms with van der Waals surface area (Å²) in [6.07, 6.45) is 1.34. The Hall–Kier alpha value is -1.80. The Balaban J connectivity index is 2.66. The second-order valence-electron chi connectivity index (χ2n) is 2.72. The zero-order chi connectivity index (χ0) is 12.0. The van der Waals surface area contributed by atoms with Crippen LogP contribution in [-0.4, -0.2) is 22.5 Å². The Morgan fingerprint density at radius 1 is 1.69 bits per heavy atom. The molecule has 0 saturated heterocycles. The van der Waals surface area contributed by atoms with Crippen LogP contribution in [0.5, 0.6) is 0 Å². The van der Waals surface area contributed by atoms with Gasteiger partial charge in [0.15, 0.2) is 10.8 Å². The number of carbonyl (C=O) groups excluding carboxylic acids is 1. The van der Waals surface area contributed by atoms with Crippen molar-refractivity contribution in [2.75, 3.05) is 12.3 Å². The third kappa shape index (κ3) is 3.75. The summed E-state index contributed by atoms with van der Waals surface area (Å²) in [5.41, 5.74) is 5.66. The number of nitrogens with two attached hydrogens (primary N) is 1. The molecule has 1 rings (SSSR count). The first-order valence-electron chi connectivity index (χ1n) is 4.56. The highest BCUT2D eigenvalue weighted by atomic mass is 35.5. The molecule has 0 unspecified atom stereocenters. The number of nitrogens with zero attached hydrogens (tertiary/aromatic N) is 2. The molecule has 1 heterocycles. The topological polar surface area (TPSA) is 78.1 Å². The average molecular weight is 240 g/mol. The van der Waals surface area contributed by atoms with E-state index in [1.807, 2.05) is 0 Å². The molecule has 1 aromatic heterocycles. The number of hydrogen-bond acceptors (Lipinski definition) is 5. The number of carbonyl (C=O) groups is 1. The number of rotatable bonds is 2. The Morgan fingerprint density at radius 2 is 2.44 bits per heavy atom. The van der Waals surface area contributed by atoms with E-state index in [-0.39, 0.29) is 23.4 Å². The maximum atomic E-state index is 11.0. The summed E-state index contributed by atoms with van der Waals surface area (Å²) in [5.74, 6) is 5.05. The Morgan fingerprint density at radius 3 is 3.06 bits per heavy atom. The fraction of sp³-hybridized carbons (Fsp3) is 0.300. The van der Waals surface area contributed by atoms with Crippen molar-refractivity contribution in [1.82, 2.24) is 9.97 Å². The Bertz CT molecular complexity index is 451. The number of aromatic nitrogens is 2. The maximum absolute atomic E-state index is 11.0. The van der Waals surface area contributed by atoms with Crippen molar-refractivity contribution in [3.05, 3.63) is 17.0 Å². The molecule has 0 radical (unpaired) electrons. The van der Waals surface area contributed by atoms with Crippen LogP contribution in [0.4, 0.5) is 5.82 Å². The van der Waals surface area contributed by atoms with Crippen molar-refractivity contribution in [3.63, 3.8) is 0 Å². The molecule has 16 heavy (non-hydrogen) atoms. The highest BCUT2D eigenvalue weighted by Crippen LogP contribution is 2.09. The SMILES string of the molecule is CCOC(=O)CC#Cc1ncc(N)nc1Cl. The third-order valence-electron chi connectivity index (χ3n) is 1.49. The van der Waals surface area contributed by atoms with Crippen molar-refractivity contribution in [2.45, 2.75) is 13.3 Å². The van der Waals surface area contributed by atoms with Crippen LogP contribution in [0, 0.1) is 11.8 Å². The van der Waals surface area contributed by atoms with E-state index in [2.05, 4.69) is 21.8 Å². The number of esters is 1. The summed E-state index contributed by atoms with van der Waals surface area (Å²) in [7, 11) is 0. The predicted molar refractivity (Wildman–Crippen MR) is 59.6 cm³/mol. The summed E-state index contributed by atoms with van der Waals surface area (Å²) in [6.45, 7) is 2.07. The Kier molecular flexibility index (Phi) is 4.55. The molecule has 0 saturated carbocycles. The van der Waals surface area contributed by atoms with Gasteiger partial charge in [-0.1, -0.05) is 17.5 Å². The summed E-state index contributed by atoms with van der Waals surface area (Å²) in [5, 5.41) is 0.122. The molecule has 0 bridgehead atoms. The van der Waals surface area contributed by atoms with Gasteiger partial charge in [0, 0.05) is 0 Å². The van der Waals surface area contributed by atoms with E-state index in [9.17, 15) is 4.79 Å². The number of hydrogen-bond donors (Lipinski definition) is 1. The first-order chi connectivity index (χ1) is 7.63. The molecule has 0 aromatic carbocycles. The molecule has 0 atom stereocenters. The molecule has 0 amide bonds. The molecule has 0 aliphatic carbocycles. The molecule has 84 valence electrons. The number of halogens is 1. The second-order valence-corrected chi connectivity index (χ2v) is 3.08. The Labute approximate surface area is 98.0 Å². The quantitative estimate of drug-likeness (QED) is 0.616. The van der Waals surface area contributed by atoms with Crippen molar-refractivity contribution in [2.24, 2.45) is 0 Å². The van der Waals surface area contributed by atoms with Crippen LogP contribution in [0.3, 0.4) is 0 Å². The molecule has 0 aliphatic rings. The molecule has 6 heteroatoms.